The fourth-order valence-electron chi connectivity index (χ4n) is 1.44. The predicted octanol–water partition coefficient (Wildman–Crippen LogP) is 4.48. The Labute approximate surface area is 102 Å². The minimum absolute atomic E-state index is 0.825. The molecular formula is C12H8BrNS. The topological polar surface area (TPSA) is 12.4 Å². The summed E-state index contributed by atoms with van der Waals surface area (Å²) in [5.41, 5.74) is 3.02. The van der Waals surface area contributed by atoms with E-state index in [1.54, 1.807) is 0 Å². The van der Waals surface area contributed by atoms with E-state index < -0.39 is 0 Å². The molecule has 0 fully saturated rings. The number of nitrogens with zero attached hydrogens (tertiary/aromatic N) is 1. The molecule has 0 unspecified atom stereocenters. The van der Waals surface area contributed by atoms with E-state index in [1.807, 2.05) is 48.5 Å². The Kier molecular flexibility index (Phi) is 3.23. The highest BCUT2D eigenvalue weighted by molar-refractivity contribution is 9.10. The number of hydrogen-bond donors (Lipinski definition) is 0. The van der Waals surface area contributed by atoms with Gasteiger partial charge in [-0.25, -0.2) is 0 Å². The van der Waals surface area contributed by atoms with Crippen molar-refractivity contribution in [2.24, 2.45) is 4.36 Å². The largest absolute Gasteiger partial charge is 0.181 e. The molecule has 0 aromatic heterocycles. The average molecular weight is 278 g/mol. The Morgan fingerprint density at radius 3 is 2.40 bits per heavy atom. The third kappa shape index (κ3) is 2.30. The van der Waals surface area contributed by atoms with Crippen molar-refractivity contribution >= 4 is 34.0 Å². The minimum atomic E-state index is 0.825. The molecule has 0 amide bonds. The van der Waals surface area contributed by atoms with E-state index >= 15 is 0 Å². The van der Waals surface area contributed by atoms with Gasteiger partial charge in [0.05, 0.1) is 5.69 Å². The lowest BCUT2D eigenvalue weighted by molar-refractivity contribution is 1.52. The zero-order chi connectivity index (χ0) is 10.7. The summed E-state index contributed by atoms with van der Waals surface area (Å²) in [6.45, 7) is 0. The summed E-state index contributed by atoms with van der Waals surface area (Å²) in [5.74, 6) is 0. The summed E-state index contributed by atoms with van der Waals surface area (Å²) in [5, 5.41) is 0. The highest BCUT2D eigenvalue weighted by Gasteiger charge is 2.03. The molecule has 0 aliphatic rings. The van der Waals surface area contributed by atoms with E-state index in [2.05, 4.69) is 20.3 Å². The van der Waals surface area contributed by atoms with E-state index in [4.69, 9.17) is 12.4 Å². The van der Waals surface area contributed by atoms with Crippen LogP contribution in [-0.4, -0.2) is 0 Å². The summed E-state index contributed by atoms with van der Waals surface area (Å²) in [6, 6.07) is 16.0. The minimum Gasteiger partial charge on any atom is -0.181 e. The molecule has 0 atom stereocenters. The van der Waals surface area contributed by atoms with Crippen molar-refractivity contribution < 1.29 is 0 Å². The van der Waals surface area contributed by atoms with Crippen molar-refractivity contribution in [1.29, 1.82) is 0 Å². The van der Waals surface area contributed by atoms with Crippen molar-refractivity contribution in [1.82, 2.24) is 0 Å². The van der Waals surface area contributed by atoms with Crippen molar-refractivity contribution in [2.45, 2.75) is 0 Å². The summed E-state index contributed by atoms with van der Waals surface area (Å²) in [6.07, 6.45) is 0. The monoisotopic (exact) mass is 277 g/mol. The number of hydrogen-bond acceptors (Lipinski definition) is 2. The van der Waals surface area contributed by atoms with Gasteiger partial charge < -0.3 is 0 Å². The quantitative estimate of drug-likeness (QED) is 0.789. The van der Waals surface area contributed by atoms with Crippen LogP contribution in [0.2, 0.25) is 0 Å². The van der Waals surface area contributed by atoms with E-state index in [0.717, 1.165) is 21.3 Å². The molecule has 0 saturated heterocycles. The maximum Gasteiger partial charge on any atom is 0.0858 e. The first-order chi connectivity index (χ1) is 7.31. The molecule has 3 heteroatoms. The van der Waals surface area contributed by atoms with Gasteiger partial charge in [-0.3, -0.25) is 0 Å². The number of halogens is 1. The second-order valence-electron chi connectivity index (χ2n) is 3.12. The normalized spacial score (nSPS) is 9.93. The van der Waals surface area contributed by atoms with Crippen LogP contribution in [-0.2, 0) is 12.4 Å². The first kappa shape index (κ1) is 10.5. The van der Waals surface area contributed by atoms with Gasteiger partial charge in [0.25, 0.3) is 0 Å². The maximum atomic E-state index is 4.77. The van der Waals surface area contributed by atoms with Crippen LogP contribution in [0.3, 0.4) is 0 Å². The van der Waals surface area contributed by atoms with Crippen LogP contribution < -0.4 is 0 Å². The molecule has 0 radical (unpaired) electrons. The van der Waals surface area contributed by atoms with Crippen molar-refractivity contribution in [3.8, 4) is 11.1 Å². The highest BCUT2D eigenvalue weighted by Crippen LogP contribution is 2.32. The van der Waals surface area contributed by atoms with Gasteiger partial charge >= 0.3 is 0 Å². The number of benzene rings is 2. The Bertz CT molecular complexity index is 482. The third-order valence-electron chi connectivity index (χ3n) is 2.14. The van der Waals surface area contributed by atoms with Crippen LogP contribution in [0.5, 0.6) is 0 Å². The molecule has 0 bridgehead atoms. The molecule has 2 aromatic carbocycles. The van der Waals surface area contributed by atoms with Crippen molar-refractivity contribution in [2.75, 3.05) is 0 Å². The standard InChI is InChI=1S/C12H8BrNS/c13-10-6-7-11(12(8-10)14-15)9-4-2-1-3-5-9/h1-8H. The molecule has 0 spiro atoms. The first-order valence-corrected chi connectivity index (χ1v) is 5.65. The second-order valence-corrected chi connectivity index (χ2v) is 4.22. The SMILES string of the molecule is S=Nc1cc(Br)ccc1-c1ccccc1. The Balaban J connectivity index is 2.58. The Hall–Kier alpha value is -1.06. The molecule has 2 aromatic rings. The van der Waals surface area contributed by atoms with E-state index in [-0.39, 0.29) is 0 Å². The van der Waals surface area contributed by atoms with Gasteiger partial charge in [-0.15, -0.1) is 0 Å². The summed E-state index contributed by atoms with van der Waals surface area (Å²) in [4.78, 5) is 0. The molecule has 0 heterocycles. The molecule has 0 saturated carbocycles. The third-order valence-corrected chi connectivity index (χ3v) is 2.83. The Morgan fingerprint density at radius 1 is 1.00 bits per heavy atom. The van der Waals surface area contributed by atoms with E-state index in [9.17, 15) is 0 Å². The maximum absolute atomic E-state index is 4.77. The lowest BCUT2D eigenvalue weighted by atomic mass is 10.0. The van der Waals surface area contributed by atoms with E-state index in [0.29, 0.717) is 0 Å². The predicted molar refractivity (Wildman–Crippen MR) is 69.0 cm³/mol. The van der Waals surface area contributed by atoms with Crippen LogP contribution in [0.25, 0.3) is 11.1 Å². The first-order valence-electron chi connectivity index (χ1n) is 4.49. The van der Waals surface area contributed by atoms with Gasteiger partial charge in [0, 0.05) is 22.5 Å². The van der Waals surface area contributed by atoms with E-state index in [1.165, 1.54) is 0 Å². The van der Waals surface area contributed by atoms with Gasteiger partial charge in [0.2, 0.25) is 0 Å². The molecule has 0 aliphatic carbocycles. The van der Waals surface area contributed by atoms with Crippen LogP contribution in [0, 0.1) is 0 Å². The lowest BCUT2D eigenvalue weighted by Gasteiger charge is -2.04. The molecule has 1 nitrogen and oxygen atoms in total. The van der Waals surface area contributed by atoms with Crippen LogP contribution >= 0.6 is 15.9 Å². The zero-order valence-electron chi connectivity index (χ0n) is 7.85. The molecule has 0 aliphatic heterocycles. The molecule has 74 valence electrons. The fraction of sp³-hybridized carbons (Fsp3) is 0. The molecule has 2 rings (SSSR count). The highest BCUT2D eigenvalue weighted by atomic mass is 79.9. The van der Waals surface area contributed by atoms with Crippen molar-refractivity contribution in [3.63, 3.8) is 0 Å². The lowest BCUT2D eigenvalue weighted by Crippen LogP contribution is -1.78. The van der Waals surface area contributed by atoms with Crippen LogP contribution in [0.1, 0.15) is 0 Å². The summed E-state index contributed by atoms with van der Waals surface area (Å²) >= 11 is 8.17. The molecule has 0 N–H and O–H groups in total. The average Bonchev–Trinajstić information content (AvgIpc) is 2.30. The summed E-state index contributed by atoms with van der Waals surface area (Å²) < 4.78 is 4.85. The molecule has 15 heavy (non-hydrogen) atoms. The Morgan fingerprint density at radius 2 is 1.73 bits per heavy atom. The summed E-state index contributed by atoms with van der Waals surface area (Å²) in [7, 11) is 0. The second kappa shape index (κ2) is 4.64. The van der Waals surface area contributed by atoms with Gasteiger partial charge in [-0.1, -0.05) is 52.3 Å². The van der Waals surface area contributed by atoms with Crippen molar-refractivity contribution in [3.05, 3.63) is 53.0 Å². The van der Waals surface area contributed by atoms with Gasteiger partial charge in [0.15, 0.2) is 0 Å². The molecular weight excluding hydrogens is 270 g/mol. The van der Waals surface area contributed by atoms with Crippen LogP contribution in [0.15, 0.2) is 57.4 Å². The smallest absolute Gasteiger partial charge is 0.0858 e. The van der Waals surface area contributed by atoms with Crippen LogP contribution in [0.4, 0.5) is 5.69 Å². The van der Waals surface area contributed by atoms with Gasteiger partial charge in [-0.05, 0) is 17.7 Å². The number of rotatable bonds is 2. The van der Waals surface area contributed by atoms with Gasteiger partial charge in [-0.2, -0.15) is 4.36 Å². The zero-order valence-corrected chi connectivity index (χ0v) is 10.3. The van der Waals surface area contributed by atoms with Gasteiger partial charge in [0.1, 0.15) is 0 Å². The fourth-order valence-corrected chi connectivity index (χ4v) is 1.94.